The Morgan fingerprint density at radius 2 is 2.09 bits per heavy atom. The standard InChI is InChI=1S/C15H19N5O3/c1-15(2,14(22)23)20-8-7-11(19-20)16-13(21)12-9-5-3-4-6-10(9)17-18-12/h7-8H,3-6H2,1-2H3,(H,17,18)(H,22,23)(H,16,19,21). The third-order valence-corrected chi connectivity index (χ3v) is 4.20. The summed E-state index contributed by atoms with van der Waals surface area (Å²) in [6.07, 6.45) is 5.44. The van der Waals surface area contributed by atoms with Gasteiger partial charge in [0.15, 0.2) is 17.1 Å². The Hall–Kier alpha value is -2.64. The molecule has 1 amide bonds. The fourth-order valence-electron chi connectivity index (χ4n) is 2.64. The number of hydrogen-bond acceptors (Lipinski definition) is 4. The highest BCUT2D eigenvalue weighted by Gasteiger charge is 2.30. The smallest absolute Gasteiger partial charge is 0.331 e. The second-order valence-corrected chi connectivity index (χ2v) is 6.20. The van der Waals surface area contributed by atoms with Crippen molar-refractivity contribution in [3.8, 4) is 0 Å². The van der Waals surface area contributed by atoms with Gasteiger partial charge < -0.3 is 10.4 Å². The number of aromatic amines is 1. The Labute approximate surface area is 132 Å². The number of H-pyrrole nitrogens is 1. The van der Waals surface area contributed by atoms with Crippen LogP contribution in [0.15, 0.2) is 12.3 Å². The molecule has 0 radical (unpaired) electrons. The summed E-state index contributed by atoms with van der Waals surface area (Å²) in [4.78, 5) is 23.6. The highest BCUT2D eigenvalue weighted by molar-refractivity contribution is 6.03. The summed E-state index contributed by atoms with van der Waals surface area (Å²) in [6, 6.07) is 1.57. The summed E-state index contributed by atoms with van der Waals surface area (Å²) in [5.74, 6) is -1.03. The van der Waals surface area contributed by atoms with Crippen molar-refractivity contribution in [1.29, 1.82) is 0 Å². The second kappa shape index (κ2) is 5.53. The lowest BCUT2D eigenvalue weighted by Gasteiger charge is -2.19. The Balaban J connectivity index is 1.78. The molecule has 2 aromatic heterocycles. The van der Waals surface area contributed by atoms with Crippen LogP contribution >= 0.6 is 0 Å². The zero-order valence-electron chi connectivity index (χ0n) is 13.1. The van der Waals surface area contributed by atoms with Crippen LogP contribution < -0.4 is 5.32 Å². The number of rotatable bonds is 4. The third kappa shape index (κ3) is 2.71. The summed E-state index contributed by atoms with van der Waals surface area (Å²) in [6.45, 7) is 3.08. The maximum absolute atomic E-state index is 12.4. The number of amides is 1. The maximum atomic E-state index is 12.4. The topological polar surface area (TPSA) is 113 Å². The number of fused-ring (bicyclic) bond motifs is 1. The number of hydrogen-bond donors (Lipinski definition) is 3. The molecule has 0 atom stereocenters. The van der Waals surface area contributed by atoms with Gasteiger partial charge >= 0.3 is 5.97 Å². The van der Waals surface area contributed by atoms with E-state index in [9.17, 15) is 14.7 Å². The molecule has 0 bridgehead atoms. The predicted molar refractivity (Wildman–Crippen MR) is 82.4 cm³/mol. The molecule has 0 unspecified atom stereocenters. The van der Waals surface area contributed by atoms with Gasteiger partial charge in [0.1, 0.15) is 0 Å². The largest absolute Gasteiger partial charge is 0.479 e. The van der Waals surface area contributed by atoms with Crippen molar-refractivity contribution in [3.05, 3.63) is 29.2 Å². The quantitative estimate of drug-likeness (QED) is 0.792. The van der Waals surface area contributed by atoms with Gasteiger partial charge in [0.05, 0.1) is 0 Å². The van der Waals surface area contributed by atoms with E-state index in [1.807, 2.05) is 0 Å². The maximum Gasteiger partial charge on any atom is 0.331 e. The van der Waals surface area contributed by atoms with Crippen LogP contribution in [0.1, 0.15) is 48.4 Å². The van der Waals surface area contributed by atoms with Crippen LogP contribution in [0.4, 0.5) is 5.82 Å². The molecule has 23 heavy (non-hydrogen) atoms. The summed E-state index contributed by atoms with van der Waals surface area (Å²) in [5, 5.41) is 23.1. The minimum absolute atomic E-state index is 0.303. The van der Waals surface area contributed by atoms with E-state index in [0.717, 1.165) is 36.9 Å². The second-order valence-electron chi connectivity index (χ2n) is 6.20. The number of carboxylic acid groups (broad SMARTS) is 1. The summed E-state index contributed by atoms with van der Waals surface area (Å²) >= 11 is 0. The molecule has 2 aromatic rings. The Bertz CT molecular complexity index is 759. The lowest BCUT2D eigenvalue weighted by Crippen LogP contribution is -2.36. The molecule has 8 nitrogen and oxygen atoms in total. The fraction of sp³-hybridized carbons (Fsp3) is 0.467. The van der Waals surface area contributed by atoms with Crippen molar-refractivity contribution in [1.82, 2.24) is 20.0 Å². The number of aryl methyl sites for hydroxylation is 1. The molecule has 0 aliphatic heterocycles. The number of carboxylic acids is 1. The lowest BCUT2D eigenvalue weighted by molar-refractivity contribution is -0.146. The van der Waals surface area contributed by atoms with Gasteiger partial charge in [0, 0.05) is 23.5 Å². The van der Waals surface area contributed by atoms with E-state index in [-0.39, 0.29) is 5.91 Å². The van der Waals surface area contributed by atoms with Gasteiger partial charge in [-0.25, -0.2) is 4.79 Å². The zero-order chi connectivity index (χ0) is 16.6. The van der Waals surface area contributed by atoms with Crippen molar-refractivity contribution in [2.45, 2.75) is 45.1 Å². The predicted octanol–water partition coefficient (Wildman–Crippen LogP) is 1.56. The molecule has 0 fully saturated rings. The van der Waals surface area contributed by atoms with E-state index in [4.69, 9.17) is 0 Å². The number of aliphatic carboxylic acids is 1. The number of nitrogens with one attached hydrogen (secondary N) is 2. The Kier molecular flexibility index (Phi) is 3.67. The molecule has 0 saturated heterocycles. The van der Waals surface area contributed by atoms with E-state index in [0.29, 0.717) is 11.5 Å². The highest BCUT2D eigenvalue weighted by Crippen LogP contribution is 2.23. The molecule has 3 N–H and O–H groups in total. The molecule has 1 aliphatic carbocycles. The van der Waals surface area contributed by atoms with Crippen LogP contribution in [0.5, 0.6) is 0 Å². The van der Waals surface area contributed by atoms with Crippen LogP contribution in [-0.2, 0) is 23.2 Å². The van der Waals surface area contributed by atoms with E-state index < -0.39 is 11.5 Å². The number of anilines is 1. The average molecular weight is 317 g/mol. The van der Waals surface area contributed by atoms with Gasteiger partial charge in [0.2, 0.25) is 0 Å². The first-order valence-corrected chi connectivity index (χ1v) is 7.56. The summed E-state index contributed by atoms with van der Waals surface area (Å²) in [7, 11) is 0. The SMILES string of the molecule is CC(C)(C(=O)O)n1ccc(NC(=O)c2n[nH]c3c2CCCC3)n1. The van der Waals surface area contributed by atoms with Crippen LogP contribution in [-0.4, -0.2) is 37.0 Å². The molecule has 122 valence electrons. The summed E-state index contributed by atoms with van der Waals surface area (Å²) in [5.41, 5.74) is 1.21. The van der Waals surface area contributed by atoms with Gasteiger partial charge in [-0.3, -0.25) is 14.6 Å². The van der Waals surface area contributed by atoms with E-state index in [1.54, 1.807) is 6.07 Å². The first-order chi connectivity index (χ1) is 10.9. The molecule has 8 heteroatoms. The van der Waals surface area contributed by atoms with Gasteiger partial charge in [-0.05, 0) is 39.5 Å². The Morgan fingerprint density at radius 3 is 2.83 bits per heavy atom. The van der Waals surface area contributed by atoms with Gasteiger partial charge in [-0.2, -0.15) is 10.2 Å². The van der Waals surface area contributed by atoms with Crippen LogP contribution in [0, 0.1) is 0 Å². The monoisotopic (exact) mass is 317 g/mol. The van der Waals surface area contributed by atoms with E-state index in [1.165, 1.54) is 24.7 Å². The average Bonchev–Trinajstić information content (AvgIpc) is 3.13. The minimum atomic E-state index is -1.19. The minimum Gasteiger partial charge on any atom is -0.479 e. The molecule has 2 heterocycles. The van der Waals surface area contributed by atoms with Gasteiger partial charge in [-0.1, -0.05) is 0 Å². The fourth-order valence-corrected chi connectivity index (χ4v) is 2.64. The third-order valence-electron chi connectivity index (χ3n) is 4.20. The van der Waals surface area contributed by atoms with Gasteiger partial charge in [-0.15, -0.1) is 0 Å². The van der Waals surface area contributed by atoms with Crippen molar-refractivity contribution in [2.24, 2.45) is 0 Å². The van der Waals surface area contributed by atoms with Gasteiger partial charge in [0.25, 0.3) is 5.91 Å². The number of carbonyl (C=O) groups excluding carboxylic acids is 1. The molecule has 1 aliphatic rings. The van der Waals surface area contributed by atoms with E-state index >= 15 is 0 Å². The highest BCUT2D eigenvalue weighted by atomic mass is 16.4. The molecule has 0 saturated carbocycles. The van der Waals surface area contributed by atoms with Crippen molar-refractivity contribution in [2.75, 3.05) is 5.32 Å². The molecule has 0 aromatic carbocycles. The first-order valence-electron chi connectivity index (χ1n) is 7.56. The molecular formula is C15H19N5O3. The number of carbonyl (C=O) groups is 2. The molecule has 0 spiro atoms. The van der Waals surface area contributed by atoms with Crippen LogP contribution in [0.3, 0.4) is 0 Å². The molecule has 3 rings (SSSR count). The lowest BCUT2D eigenvalue weighted by atomic mass is 9.96. The number of aromatic nitrogens is 4. The van der Waals surface area contributed by atoms with Crippen LogP contribution in [0.2, 0.25) is 0 Å². The van der Waals surface area contributed by atoms with Crippen molar-refractivity contribution >= 4 is 17.7 Å². The normalized spacial score (nSPS) is 14.3. The van der Waals surface area contributed by atoms with Crippen molar-refractivity contribution in [3.63, 3.8) is 0 Å². The summed E-state index contributed by atoms with van der Waals surface area (Å²) < 4.78 is 1.31. The number of nitrogens with zero attached hydrogens (tertiary/aromatic N) is 3. The van der Waals surface area contributed by atoms with E-state index in [2.05, 4.69) is 20.6 Å². The Morgan fingerprint density at radius 1 is 1.35 bits per heavy atom. The molecular weight excluding hydrogens is 298 g/mol. The zero-order valence-corrected chi connectivity index (χ0v) is 13.1. The van der Waals surface area contributed by atoms with Crippen molar-refractivity contribution < 1.29 is 14.7 Å². The van der Waals surface area contributed by atoms with Crippen LogP contribution in [0.25, 0.3) is 0 Å². The first kappa shape index (κ1) is 15.3.